The maximum atomic E-state index is 4.43. The molecule has 1 aromatic heterocycles. The molecule has 2 rings (SSSR count). The van der Waals surface area contributed by atoms with E-state index in [1.807, 2.05) is 6.20 Å². The third-order valence-corrected chi connectivity index (χ3v) is 5.59. The van der Waals surface area contributed by atoms with Crippen LogP contribution in [0.25, 0.3) is 0 Å². The zero-order valence-corrected chi connectivity index (χ0v) is 13.5. The van der Waals surface area contributed by atoms with E-state index in [1.165, 1.54) is 24.3 Å². The van der Waals surface area contributed by atoms with Crippen LogP contribution in [0.15, 0.2) is 11.6 Å². The number of nitrogens with one attached hydrogen (secondary N) is 1. The summed E-state index contributed by atoms with van der Waals surface area (Å²) in [4.78, 5) is 4.43. The molecule has 2 nitrogen and oxygen atoms in total. The summed E-state index contributed by atoms with van der Waals surface area (Å²) in [5.74, 6) is 3.05. The van der Waals surface area contributed by atoms with E-state index >= 15 is 0 Å². The van der Waals surface area contributed by atoms with Crippen LogP contribution in [0.5, 0.6) is 0 Å². The maximum Gasteiger partial charge on any atom is 0.0965 e. The smallest absolute Gasteiger partial charge is 0.0965 e. The number of nitrogens with zero attached hydrogens (tertiary/aromatic N) is 1. The van der Waals surface area contributed by atoms with Crippen LogP contribution in [-0.2, 0) is 0 Å². The number of hydrogen-bond donors (Lipinski definition) is 1. The first-order valence-electron chi connectivity index (χ1n) is 7.70. The Morgan fingerprint density at radius 2 is 2.16 bits per heavy atom. The standard InChI is InChI=1S/C16H28N2S/c1-11(2)14-6-5-12(3)9-15(14)18-10-13(4)16-17-7-8-19-16/h7-8,11-15,18H,5-6,9-10H2,1-4H3. The minimum atomic E-state index is 0.532. The van der Waals surface area contributed by atoms with Gasteiger partial charge in [-0.05, 0) is 30.6 Å². The van der Waals surface area contributed by atoms with Crippen LogP contribution >= 0.6 is 11.3 Å². The molecule has 0 aliphatic heterocycles. The number of thiazole rings is 1. The Morgan fingerprint density at radius 3 is 2.79 bits per heavy atom. The first-order chi connectivity index (χ1) is 9.08. The second kappa shape index (κ2) is 6.85. The maximum absolute atomic E-state index is 4.43. The fraction of sp³-hybridized carbons (Fsp3) is 0.812. The lowest BCUT2D eigenvalue weighted by atomic mass is 9.74. The summed E-state index contributed by atoms with van der Waals surface area (Å²) in [5, 5.41) is 7.17. The fourth-order valence-corrected chi connectivity index (χ4v) is 4.03. The highest BCUT2D eigenvalue weighted by atomic mass is 32.1. The van der Waals surface area contributed by atoms with E-state index in [4.69, 9.17) is 0 Å². The highest BCUT2D eigenvalue weighted by molar-refractivity contribution is 7.09. The van der Waals surface area contributed by atoms with Crippen molar-refractivity contribution in [3.63, 3.8) is 0 Å². The summed E-state index contributed by atoms with van der Waals surface area (Å²) in [6.45, 7) is 10.5. The van der Waals surface area contributed by atoms with E-state index in [1.54, 1.807) is 11.3 Å². The van der Waals surface area contributed by atoms with Crippen LogP contribution in [-0.4, -0.2) is 17.6 Å². The number of hydrogen-bond acceptors (Lipinski definition) is 3. The van der Waals surface area contributed by atoms with Gasteiger partial charge in [-0.1, -0.05) is 34.1 Å². The molecule has 0 radical (unpaired) electrons. The Balaban J connectivity index is 1.88. The van der Waals surface area contributed by atoms with Gasteiger partial charge in [0.15, 0.2) is 0 Å². The van der Waals surface area contributed by atoms with Gasteiger partial charge < -0.3 is 5.32 Å². The predicted octanol–water partition coefficient (Wildman–Crippen LogP) is 4.30. The molecule has 108 valence electrons. The molecular formula is C16H28N2S. The topological polar surface area (TPSA) is 24.9 Å². The summed E-state index contributed by atoms with van der Waals surface area (Å²) in [7, 11) is 0. The first kappa shape index (κ1) is 15.0. The van der Waals surface area contributed by atoms with Crippen molar-refractivity contribution in [2.45, 2.75) is 58.9 Å². The molecule has 4 atom stereocenters. The Labute approximate surface area is 122 Å². The third kappa shape index (κ3) is 4.03. The number of aromatic nitrogens is 1. The third-order valence-electron chi connectivity index (χ3n) is 4.58. The van der Waals surface area contributed by atoms with Crippen LogP contribution in [0.3, 0.4) is 0 Å². The quantitative estimate of drug-likeness (QED) is 0.870. The molecule has 0 spiro atoms. The van der Waals surface area contributed by atoms with Crippen LogP contribution in [0.4, 0.5) is 0 Å². The molecule has 0 saturated heterocycles. The lowest BCUT2D eigenvalue weighted by molar-refractivity contribution is 0.169. The minimum absolute atomic E-state index is 0.532. The number of rotatable bonds is 5. The molecular weight excluding hydrogens is 252 g/mol. The molecule has 1 fully saturated rings. The van der Waals surface area contributed by atoms with Crippen LogP contribution < -0.4 is 5.32 Å². The molecule has 1 saturated carbocycles. The summed E-state index contributed by atoms with van der Waals surface area (Å²) in [6.07, 6.45) is 6.05. The van der Waals surface area contributed by atoms with Gasteiger partial charge in [0.1, 0.15) is 0 Å². The van der Waals surface area contributed by atoms with Crippen molar-refractivity contribution in [3.8, 4) is 0 Å². The Bertz CT molecular complexity index is 361. The molecule has 3 heteroatoms. The molecule has 1 aliphatic carbocycles. The average Bonchev–Trinajstić information content (AvgIpc) is 2.89. The predicted molar refractivity (Wildman–Crippen MR) is 83.7 cm³/mol. The van der Waals surface area contributed by atoms with Gasteiger partial charge in [-0.25, -0.2) is 4.98 Å². The normalized spacial score (nSPS) is 29.6. The Kier molecular flexibility index (Phi) is 5.40. The molecule has 0 bridgehead atoms. The van der Waals surface area contributed by atoms with Gasteiger partial charge >= 0.3 is 0 Å². The molecule has 4 unspecified atom stereocenters. The van der Waals surface area contributed by atoms with Gasteiger partial charge in [0.2, 0.25) is 0 Å². The fourth-order valence-electron chi connectivity index (χ4n) is 3.33. The average molecular weight is 280 g/mol. The molecule has 1 heterocycles. The molecule has 1 aliphatic rings. The zero-order chi connectivity index (χ0) is 13.8. The van der Waals surface area contributed by atoms with Gasteiger partial charge in [-0.2, -0.15) is 0 Å². The second-order valence-electron chi connectivity index (χ2n) is 6.61. The van der Waals surface area contributed by atoms with Crippen molar-refractivity contribution in [1.82, 2.24) is 10.3 Å². The van der Waals surface area contributed by atoms with E-state index in [-0.39, 0.29) is 0 Å². The van der Waals surface area contributed by atoms with Gasteiger partial charge in [-0.15, -0.1) is 11.3 Å². The van der Waals surface area contributed by atoms with Crippen LogP contribution in [0, 0.1) is 17.8 Å². The van der Waals surface area contributed by atoms with Gasteiger partial charge in [0.05, 0.1) is 5.01 Å². The van der Waals surface area contributed by atoms with Crippen LogP contribution in [0.1, 0.15) is 57.9 Å². The lowest BCUT2D eigenvalue weighted by Crippen LogP contribution is -2.44. The summed E-state index contributed by atoms with van der Waals surface area (Å²) in [6, 6.07) is 0.700. The van der Waals surface area contributed by atoms with E-state index in [9.17, 15) is 0 Å². The van der Waals surface area contributed by atoms with Crippen LogP contribution in [0.2, 0.25) is 0 Å². The molecule has 19 heavy (non-hydrogen) atoms. The van der Waals surface area contributed by atoms with Crippen molar-refractivity contribution < 1.29 is 0 Å². The van der Waals surface area contributed by atoms with Crippen molar-refractivity contribution in [2.75, 3.05) is 6.54 Å². The van der Waals surface area contributed by atoms with Crippen molar-refractivity contribution >= 4 is 11.3 Å². The first-order valence-corrected chi connectivity index (χ1v) is 8.58. The molecule has 0 amide bonds. The summed E-state index contributed by atoms with van der Waals surface area (Å²) in [5.41, 5.74) is 0. The van der Waals surface area contributed by atoms with E-state index < -0.39 is 0 Å². The zero-order valence-electron chi connectivity index (χ0n) is 12.7. The second-order valence-corrected chi connectivity index (χ2v) is 7.54. The largest absolute Gasteiger partial charge is 0.313 e. The summed E-state index contributed by atoms with van der Waals surface area (Å²) < 4.78 is 0. The highest BCUT2D eigenvalue weighted by Crippen LogP contribution is 2.33. The van der Waals surface area contributed by atoms with Gasteiger partial charge in [0, 0.05) is 30.1 Å². The van der Waals surface area contributed by atoms with Gasteiger partial charge in [-0.3, -0.25) is 0 Å². The van der Waals surface area contributed by atoms with E-state index in [0.29, 0.717) is 12.0 Å². The molecule has 0 aromatic carbocycles. The van der Waals surface area contributed by atoms with Crippen molar-refractivity contribution in [3.05, 3.63) is 16.6 Å². The Hall–Kier alpha value is -0.410. The molecule has 1 aromatic rings. The van der Waals surface area contributed by atoms with Gasteiger partial charge in [0.25, 0.3) is 0 Å². The summed E-state index contributed by atoms with van der Waals surface area (Å²) >= 11 is 1.77. The SMILES string of the molecule is CC1CCC(C(C)C)C(NCC(C)c2nccs2)C1. The van der Waals surface area contributed by atoms with E-state index in [2.05, 4.69) is 43.4 Å². The lowest BCUT2D eigenvalue weighted by Gasteiger charge is -2.38. The van der Waals surface area contributed by atoms with Crippen molar-refractivity contribution in [1.29, 1.82) is 0 Å². The highest BCUT2D eigenvalue weighted by Gasteiger charge is 2.30. The van der Waals surface area contributed by atoms with Crippen molar-refractivity contribution in [2.24, 2.45) is 17.8 Å². The molecule has 1 N–H and O–H groups in total. The minimum Gasteiger partial charge on any atom is -0.313 e. The Morgan fingerprint density at radius 1 is 1.37 bits per heavy atom. The monoisotopic (exact) mass is 280 g/mol. The van der Waals surface area contributed by atoms with E-state index in [0.717, 1.165) is 24.3 Å².